The zero-order chi connectivity index (χ0) is 16.4. The van der Waals surface area contributed by atoms with Crippen molar-refractivity contribution >= 4 is 11.7 Å². The zero-order valence-electron chi connectivity index (χ0n) is 14.3. The van der Waals surface area contributed by atoms with Gasteiger partial charge in [-0.3, -0.25) is 4.79 Å². The summed E-state index contributed by atoms with van der Waals surface area (Å²) in [6.45, 7) is 10.8. The fraction of sp³-hybridized carbons (Fsp3) is 0.706. The molecule has 3 heterocycles. The van der Waals surface area contributed by atoms with Crippen LogP contribution in [0.15, 0.2) is 12.1 Å². The number of rotatable bonds is 2. The number of aromatic nitrogens is 2. The van der Waals surface area contributed by atoms with Gasteiger partial charge in [-0.1, -0.05) is 20.8 Å². The molecule has 0 bridgehead atoms. The molecule has 0 spiro atoms. The van der Waals surface area contributed by atoms with Crippen LogP contribution in [0.4, 0.5) is 5.82 Å². The van der Waals surface area contributed by atoms with Crippen LogP contribution in [0.5, 0.6) is 0 Å². The molecule has 1 atom stereocenters. The van der Waals surface area contributed by atoms with Crippen LogP contribution in [0, 0.1) is 5.92 Å². The zero-order valence-corrected chi connectivity index (χ0v) is 14.3. The molecule has 1 aromatic rings. The largest absolute Gasteiger partial charge is 0.381 e. The van der Waals surface area contributed by atoms with Crippen molar-refractivity contribution in [1.82, 2.24) is 15.1 Å². The van der Waals surface area contributed by atoms with Crippen molar-refractivity contribution in [2.24, 2.45) is 5.92 Å². The maximum absolute atomic E-state index is 12.4. The molecule has 0 saturated carbocycles. The van der Waals surface area contributed by atoms with Gasteiger partial charge >= 0.3 is 0 Å². The van der Waals surface area contributed by atoms with Gasteiger partial charge in [-0.15, -0.1) is 5.10 Å². The van der Waals surface area contributed by atoms with E-state index in [1.807, 2.05) is 11.0 Å². The summed E-state index contributed by atoms with van der Waals surface area (Å²) in [5.41, 5.74) is 1.01. The molecule has 126 valence electrons. The Hall–Kier alpha value is -1.69. The molecule has 0 aliphatic carbocycles. The number of ether oxygens (including phenoxy) is 1. The van der Waals surface area contributed by atoms with Crippen molar-refractivity contribution in [2.45, 2.75) is 32.6 Å². The average molecular weight is 318 g/mol. The monoisotopic (exact) mass is 318 g/mol. The van der Waals surface area contributed by atoms with Gasteiger partial charge in [0.25, 0.3) is 0 Å². The van der Waals surface area contributed by atoms with E-state index in [2.05, 4.69) is 41.9 Å². The van der Waals surface area contributed by atoms with Gasteiger partial charge < -0.3 is 14.5 Å². The fourth-order valence-electron chi connectivity index (χ4n) is 3.04. The van der Waals surface area contributed by atoms with E-state index in [0.29, 0.717) is 13.2 Å². The summed E-state index contributed by atoms with van der Waals surface area (Å²) < 4.78 is 5.32. The molecular weight excluding hydrogens is 292 g/mol. The predicted molar refractivity (Wildman–Crippen MR) is 88.5 cm³/mol. The molecule has 2 saturated heterocycles. The highest BCUT2D eigenvalue weighted by Crippen LogP contribution is 2.22. The number of piperazine rings is 1. The molecule has 23 heavy (non-hydrogen) atoms. The van der Waals surface area contributed by atoms with Crippen LogP contribution >= 0.6 is 0 Å². The number of hydrogen-bond acceptors (Lipinski definition) is 5. The summed E-state index contributed by atoms with van der Waals surface area (Å²) in [5.74, 6) is 1.21. The van der Waals surface area contributed by atoms with Gasteiger partial charge in [-0.05, 0) is 18.6 Å². The van der Waals surface area contributed by atoms with E-state index in [1.165, 1.54) is 0 Å². The highest BCUT2D eigenvalue weighted by Gasteiger charge is 2.30. The molecule has 2 aliphatic heterocycles. The maximum Gasteiger partial charge on any atom is 0.228 e. The van der Waals surface area contributed by atoms with E-state index in [4.69, 9.17) is 4.74 Å². The van der Waals surface area contributed by atoms with Crippen molar-refractivity contribution in [1.29, 1.82) is 0 Å². The smallest absolute Gasteiger partial charge is 0.228 e. The second-order valence-corrected chi connectivity index (χ2v) is 7.40. The van der Waals surface area contributed by atoms with Crippen molar-refractivity contribution < 1.29 is 9.53 Å². The Balaban J connectivity index is 1.57. The maximum atomic E-state index is 12.4. The molecule has 6 heteroatoms. The lowest BCUT2D eigenvalue weighted by Crippen LogP contribution is -2.50. The third kappa shape index (κ3) is 3.63. The lowest BCUT2D eigenvalue weighted by atomic mass is 9.92. The van der Waals surface area contributed by atoms with Gasteiger partial charge in [-0.2, -0.15) is 5.10 Å². The quantitative estimate of drug-likeness (QED) is 0.826. The van der Waals surface area contributed by atoms with Gasteiger partial charge in [0.2, 0.25) is 5.91 Å². The number of anilines is 1. The molecule has 6 nitrogen and oxygen atoms in total. The first-order chi connectivity index (χ1) is 10.9. The fourth-order valence-corrected chi connectivity index (χ4v) is 3.04. The number of carbonyl (C=O) groups is 1. The SMILES string of the molecule is CC(C)(C)c1ccc(N2CCN(C(=O)C3CCOC3)CC2)nn1. The first-order valence-corrected chi connectivity index (χ1v) is 8.41. The third-order valence-electron chi connectivity index (χ3n) is 4.61. The lowest BCUT2D eigenvalue weighted by Gasteiger charge is -2.36. The van der Waals surface area contributed by atoms with E-state index in [1.54, 1.807) is 0 Å². The predicted octanol–water partition coefficient (Wildman–Crippen LogP) is 1.46. The summed E-state index contributed by atoms with van der Waals surface area (Å²) in [7, 11) is 0. The highest BCUT2D eigenvalue weighted by atomic mass is 16.5. The minimum Gasteiger partial charge on any atom is -0.381 e. The molecule has 0 radical (unpaired) electrons. The molecule has 0 N–H and O–H groups in total. The Labute approximate surface area is 137 Å². The minimum atomic E-state index is 0.0139. The Morgan fingerprint density at radius 3 is 2.43 bits per heavy atom. The standard InChI is InChI=1S/C17H26N4O2/c1-17(2,3)14-4-5-15(19-18-14)20-7-9-21(10-8-20)16(22)13-6-11-23-12-13/h4-5,13H,6-12H2,1-3H3. The van der Waals surface area contributed by atoms with Crippen LogP contribution < -0.4 is 4.90 Å². The molecule has 1 aromatic heterocycles. The Bertz CT molecular complexity index is 539. The van der Waals surface area contributed by atoms with Crippen molar-refractivity contribution in [3.05, 3.63) is 17.8 Å². The molecule has 0 aromatic carbocycles. The van der Waals surface area contributed by atoms with E-state index < -0.39 is 0 Å². The normalized spacial score (nSPS) is 22.5. The Morgan fingerprint density at radius 1 is 1.17 bits per heavy atom. The second-order valence-electron chi connectivity index (χ2n) is 7.40. The van der Waals surface area contributed by atoms with Crippen LogP contribution in [-0.4, -0.2) is 60.4 Å². The highest BCUT2D eigenvalue weighted by molar-refractivity contribution is 5.79. The minimum absolute atomic E-state index is 0.0139. The number of amides is 1. The van der Waals surface area contributed by atoms with Gasteiger partial charge in [0.15, 0.2) is 5.82 Å². The summed E-state index contributed by atoms with van der Waals surface area (Å²) in [5, 5.41) is 8.72. The Morgan fingerprint density at radius 2 is 1.91 bits per heavy atom. The molecule has 2 fully saturated rings. The van der Waals surface area contributed by atoms with Crippen LogP contribution in [0.1, 0.15) is 32.9 Å². The summed E-state index contributed by atoms with van der Waals surface area (Å²) in [6, 6.07) is 4.09. The van der Waals surface area contributed by atoms with Crippen LogP contribution in [-0.2, 0) is 14.9 Å². The van der Waals surface area contributed by atoms with Crippen LogP contribution in [0.25, 0.3) is 0 Å². The molecular formula is C17H26N4O2. The summed E-state index contributed by atoms with van der Waals surface area (Å²) >= 11 is 0. The average Bonchev–Trinajstić information content (AvgIpc) is 3.08. The van der Waals surface area contributed by atoms with Gasteiger partial charge in [0.05, 0.1) is 18.2 Å². The number of carbonyl (C=O) groups excluding carboxylic acids is 1. The van der Waals surface area contributed by atoms with E-state index in [-0.39, 0.29) is 17.2 Å². The van der Waals surface area contributed by atoms with E-state index in [9.17, 15) is 4.79 Å². The Kier molecular flexibility index (Phi) is 4.53. The second kappa shape index (κ2) is 6.43. The summed E-state index contributed by atoms with van der Waals surface area (Å²) in [6.07, 6.45) is 0.860. The van der Waals surface area contributed by atoms with Crippen LogP contribution in [0.2, 0.25) is 0 Å². The topological polar surface area (TPSA) is 58.6 Å². The third-order valence-corrected chi connectivity index (χ3v) is 4.61. The number of hydrogen-bond donors (Lipinski definition) is 0. The first-order valence-electron chi connectivity index (χ1n) is 8.41. The molecule has 1 unspecified atom stereocenters. The van der Waals surface area contributed by atoms with Gasteiger partial charge in [0.1, 0.15) is 0 Å². The summed E-state index contributed by atoms with van der Waals surface area (Å²) in [4.78, 5) is 16.6. The van der Waals surface area contributed by atoms with E-state index >= 15 is 0 Å². The van der Waals surface area contributed by atoms with Crippen LogP contribution in [0.3, 0.4) is 0 Å². The first kappa shape index (κ1) is 16.2. The number of nitrogens with zero attached hydrogens (tertiary/aromatic N) is 4. The lowest BCUT2D eigenvalue weighted by molar-refractivity contribution is -0.135. The molecule has 2 aliphatic rings. The van der Waals surface area contributed by atoms with E-state index in [0.717, 1.165) is 44.1 Å². The molecule has 3 rings (SSSR count). The van der Waals surface area contributed by atoms with Crippen molar-refractivity contribution in [3.8, 4) is 0 Å². The van der Waals surface area contributed by atoms with Crippen molar-refractivity contribution in [3.63, 3.8) is 0 Å². The molecule has 1 amide bonds. The van der Waals surface area contributed by atoms with Crippen molar-refractivity contribution in [2.75, 3.05) is 44.3 Å². The van der Waals surface area contributed by atoms with Gasteiger partial charge in [-0.25, -0.2) is 0 Å². The van der Waals surface area contributed by atoms with Gasteiger partial charge in [0, 0.05) is 38.2 Å².